The molecule has 19 heteroatoms. The Balaban J connectivity index is 1.69. The molecule has 3 aromatic carbocycles. The third kappa shape index (κ3) is 5.31. The van der Waals surface area contributed by atoms with E-state index in [0.29, 0.717) is 0 Å². The molecule has 4 nitrogen and oxygen atoms in total. The van der Waals surface area contributed by atoms with Gasteiger partial charge in [-0.25, -0.2) is 70.8 Å². The largest absolute Gasteiger partial charge is 0.354 e. The minimum absolute atomic E-state index is 0.00113. The average Bonchev–Trinajstić information content (AvgIpc) is 4.02. The van der Waals surface area contributed by atoms with E-state index in [2.05, 4.69) is 19.9 Å². The Hall–Kier alpha value is -6.66. The first-order valence-electron chi connectivity index (χ1n) is 16.3. The average molecular weight is 825 g/mol. The first-order chi connectivity index (χ1) is 27.3. The predicted molar refractivity (Wildman–Crippen MR) is 180 cm³/mol. The van der Waals surface area contributed by atoms with Crippen LogP contribution in [0.1, 0.15) is 22.5 Å². The van der Waals surface area contributed by atoms with E-state index in [1.54, 1.807) is 0 Å². The number of H-pyrrole nitrogens is 3. The summed E-state index contributed by atoms with van der Waals surface area (Å²) in [6, 6.07) is 4.17. The summed E-state index contributed by atoms with van der Waals surface area (Å²) >= 11 is 0. The Morgan fingerprint density at radius 3 is 1.12 bits per heavy atom. The summed E-state index contributed by atoms with van der Waals surface area (Å²) in [6.45, 7) is 2.69. The van der Waals surface area contributed by atoms with Crippen LogP contribution >= 0.6 is 0 Å². The van der Waals surface area contributed by atoms with E-state index in [9.17, 15) is 39.5 Å². The number of aromatic nitrogens is 4. The molecule has 0 atom stereocenters. The Morgan fingerprint density at radius 2 is 0.655 bits per heavy atom. The predicted octanol–water partition coefficient (Wildman–Crippen LogP) is 12.4. The lowest BCUT2D eigenvalue weighted by atomic mass is 10.00. The van der Waals surface area contributed by atoms with Crippen molar-refractivity contribution in [1.29, 1.82) is 0 Å². The van der Waals surface area contributed by atoms with Gasteiger partial charge in [0.15, 0.2) is 69.8 Å². The van der Waals surface area contributed by atoms with Gasteiger partial charge in [0.05, 0.1) is 44.6 Å². The van der Waals surface area contributed by atoms with Crippen LogP contribution in [0.4, 0.5) is 65.9 Å². The van der Waals surface area contributed by atoms with Gasteiger partial charge in [0.1, 0.15) is 0 Å². The van der Waals surface area contributed by atoms with Gasteiger partial charge in [-0.3, -0.25) is 0 Å². The Bertz CT molecular complexity index is 3070. The minimum Gasteiger partial charge on any atom is -0.354 e. The van der Waals surface area contributed by atoms with E-state index in [1.165, 1.54) is 19.9 Å². The smallest absolute Gasteiger partial charge is 0.200 e. The molecule has 0 radical (unpaired) electrons. The molecule has 296 valence electrons. The second-order valence-corrected chi connectivity index (χ2v) is 12.9. The first kappa shape index (κ1) is 38.2. The van der Waals surface area contributed by atoms with Gasteiger partial charge >= 0.3 is 0 Å². The summed E-state index contributed by atoms with van der Waals surface area (Å²) in [4.78, 5) is 12.0. The third-order valence-electron chi connectivity index (χ3n) is 9.57. The molecule has 0 saturated carbocycles. The molecule has 0 unspecified atom stereocenters. The van der Waals surface area contributed by atoms with Gasteiger partial charge in [0.25, 0.3) is 0 Å². The summed E-state index contributed by atoms with van der Waals surface area (Å²) in [5, 5.41) is 0. The molecule has 3 N–H and O–H groups in total. The monoisotopic (exact) mass is 824 g/mol. The zero-order chi connectivity index (χ0) is 42.0. The lowest BCUT2D eigenvalue weighted by Gasteiger charge is -2.11. The molecule has 5 heterocycles. The zero-order valence-corrected chi connectivity index (χ0v) is 28.6. The van der Waals surface area contributed by atoms with Crippen LogP contribution in [0.15, 0.2) is 24.3 Å². The Labute approximate surface area is 312 Å². The van der Waals surface area contributed by atoms with Gasteiger partial charge in [0.2, 0.25) is 17.5 Å². The lowest BCUT2D eigenvalue weighted by Crippen LogP contribution is -2.06. The number of halogens is 15. The molecule has 0 fully saturated rings. The number of nitrogens with one attached hydrogen (secondary N) is 3. The standard InChI is InChI=1S/C39H15F15N4/c1-9-7-15-18(21-25(42)31(48)36(53)32(49)26(21)43)13-4-3-11(55-13)17(20-23(40)29(46)35(52)30(47)24(20)41)12-5-6-14(56-12)19(39-10(2)8-16(58-39)38(9)57-15)22-27(44)33(50)37(54)34(51)28(22)45/h3-8,55,57-58H,1-2H3. The van der Waals surface area contributed by atoms with E-state index in [4.69, 9.17) is 0 Å². The third-order valence-corrected chi connectivity index (χ3v) is 9.57. The van der Waals surface area contributed by atoms with Gasteiger partial charge in [-0.1, -0.05) is 0 Å². The maximum atomic E-state index is 15.7. The van der Waals surface area contributed by atoms with Crippen LogP contribution in [-0.4, -0.2) is 19.9 Å². The number of aromatic amines is 3. The highest BCUT2D eigenvalue weighted by atomic mass is 19.2. The number of aryl methyl sites for hydroxylation is 2. The number of benzene rings is 3. The number of fused-ring (bicyclic) bond motifs is 9. The van der Waals surface area contributed by atoms with Crippen LogP contribution in [-0.2, 0) is 0 Å². The van der Waals surface area contributed by atoms with Crippen molar-refractivity contribution in [1.82, 2.24) is 19.9 Å². The van der Waals surface area contributed by atoms with Crippen molar-refractivity contribution in [3.63, 3.8) is 0 Å². The maximum absolute atomic E-state index is 15.7. The molecule has 4 aromatic heterocycles. The van der Waals surface area contributed by atoms with Crippen molar-refractivity contribution in [3.8, 4) is 33.4 Å². The number of rotatable bonds is 3. The van der Waals surface area contributed by atoms with E-state index >= 15 is 26.3 Å². The molecule has 8 rings (SSSR count). The van der Waals surface area contributed by atoms with Crippen LogP contribution < -0.4 is 0 Å². The van der Waals surface area contributed by atoms with Crippen molar-refractivity contribution in [2.75, 3.05) is 0 Å². The van der Waals surface area contributed by atoms with Crippen LogP contribution in [0, 0.1) is 101 Å². The molecular formula is C39H15F15N4. The van der Waals surface area contributed by atoms with Crippen LogP contribution in [0.2, 0.25) is 0 Å². The van der Waals surface area contributed by atoms with E-state index in [1.807, 2.05) is 0 Å². The molecule has 0 aliphatic carbocycles. The zero-order valence-electron chi connectivity index (χ0n) is 28.6. The SMILES string of the molecule is Cc1cc2[nH]c1c(-c1c(F)c(F)c(F)c(F)c1F)c1nc(c(-c3c(F)c(F)c(F)c(F)c3F)c3ccc([nH]3)c(-c3c(F)c(F)c(F)c(F)c3F)c3cc(C)c2[nH]3)C=C1. The van der Waals surface area contributed by atoms with Crippen LogP contribution in [0.25, 0.3) is 78.6 Å². The Morgan fingerprint density at radius 1 is 0.328 bits per heavy atom. The van der Waals surface area contributed by atoms with E-state index < -0.39 is 154 Å². The van der Waals surface area contributed by atoms with E-state index in [-0.39, 0.29) is 22.2 Å². The molecule has 0 saturated heterocycles. The summed E-state index contributed by atoms with van der Waals surface area (Å²) in [6.07, 6.45) is 1.67. The van der Waals surface area contributed by atoms with Crippen molar-refractivity contribution in [2.24, 2.45) is 0 Å². The summed E-state index contributed by atoms with van der Waals surface area (Å²) < 4.78 is 225. The summed E-state index contributed by atoms with van der Waals surface area (Å²) in [5.74, 6) is -36.5. The second kappa shape index (κ2) is 13.2. The summed E-state index contributed by atoms with van der Waals surface area (Å²) in [5.41, 5.74) is -11.0. The second-order valence-electron chi connectivity index (χ2n) is 12.9. The van der Waals surface area contributed by atoms with Crippen LogP contribution in [0.3, 0.4) is 0 Å². The first-order valence-corrected chi connectivity index (χ1v) is 16.3. The van der Waals surface area contributed by atoms with Crippen LogP contribution in [0.5, 0.6) is 0 Å². The lowest BCUT2D eigenvalue weighted by molar-refractivity contribution is 0.381. The Kier molecular flexibility index (Phi) is 8.70. The van der Waals surface area contributed by atoms with Crippen molar-refractivity contribution < 1.29 is 65.9 Å². The highest BCUT2D eigenvalue weighted by molar-refractivity contribution is 6.01. The fraction of sp³-hybridized carbons (Fsp3) is 0.0513. The number of hydrogen-bond donors (Lipinski definition) is 3. The number of hydrogen-bond acceptors (Lipinski definition) is 1. The molecule has 1 aliphatic heterocycles. The molecule has 8 bridgehead atoms. The summed E-state index contributed by atoms with van der Waals surface area (Å²) in [7, 11) is 0. The maximum Gasteiger partial charge on any atom is 0.200 e. The highest BCUT2D eigenvalue weighted by Gasteiger charge is 2.33. The van der Waals surface area contributed by atoms with Gasteiger partial charge < -0.3 is 15.0 Å². The fourth-order valence-corrected chi connectivity index (χ4v) is 6.92. The van der Waals surface area contributed by atoms with Crippen molar-refractivity contribution in [2.45, 2.75) is 13.8 Å². The van der Waals surface area contributed by atoms with Gasteiger partial charge in [-0.15, -0.1) is 0 Å². The molecule has 0 spiro atoms. The highest BCUT2D eigenvalue weighted by Crippen LogP contribution is 2.43. The molecule has 7 aromatic rings. The normalized spacial score (nSPS) is 12.2. The van der Waals surface area contributed by atoms with Gasteiger partial charge in [-0.2, -0.15) is 0 Å². The van der Waals surface area contributed by atoms with E-state index in [0.717, 1.165) is 30.4 Å². The van der Waals surface area contributed by atoms with Gasteiger partial charge in [-0.05, 0) is 61.4 Å². The number of nitrogens with zero attached hydrogens (tertiary/aromatic N) is 1. The molecule has 0 amide bonds. The topological polar surface area (TPSA) is 60.3 Å². The van der Waals surface area contributed by atoms with Gasteiger partial charge in [0, 0.05) is 33.2 Å². The van der Waals surface area contributed by atoms with Crippen molar-refractivity contribution in [3.05, 3.63) is 134 Å². The quantitative estimate of drug-likeness (QED) is 0.0928. The fourth-order valence-electron chi connectivity index (χ4n) is 6.92. The molecule has 1 aliphatic rings. The molecular weight excluding hydrogens is 809 g/mol. The van der Waals surface area contributed by atoms with Crippen molar-refractivity contribution >= 4 is 45.3 Å². The molecule has 58 heavy (non-hydrogen) atoms. The minimum atomic E-state index is -2.60.